The number of nitrogen functional groups attached to an aromatic ring is 1. The van der Waals surface area contributed by atoms with Crippen molar-refractivity contribution in [2.24, 2.45) is 13.0 Å². The Morgan fingerprint density at radius 1 is 1.23 bits per heavy atom. The van der Waals surface area contributed by atoms with Gasteiger partial charge in [0.15, 0.2) is 0 Å². The maximum atomic E-state index is 12.4. The molecule has 2 saturated heterocycles. The monoisotopic (exact) mass is 542 g/mol. The molecule has 2 atom stereocenters. The zero-order valence-corrected chi connectivity index (χ0v) is 23.2. The molecule has 40 heavy (non-hydrogen) atoms. The number of H-pyrrole nitrogens is 1. The first-order valence-corrected chi connectivity index (χ1v) is 13.5. The van der Waals surface area contributed by atoms with Gasteiger partial charge in [-0.2, -0.15) is 5.10 Å². The van der Waals surface area contributed by atoms with Crippen LogP contribution in [0.3, 0.4) is 0 Å². The summed E-state index contributed by atoms with van der Waals surface area (Å²) < 4.78 is 7.31. The summed E-state index contributed by atoms with van der Waals surface area (Å²) in [5, 5.41) is 17.0. The highest BCUT2D eigenvalue weighted by molar-refractivity contribution is 6.09. The molecule has 6 rings (SSSR count). The number of aromatic amines is 1. The minimum absolute atomic E-state index is 0.00127. The fourth-order valence-corrected chi connectivity index (χ4v) is 5.69. The lowest BCUT2D eigenvalue weighted by Crippen LogP contribution is -2.61. The molecule has 0 unspecified atom stereocenters. The second kappa shape index (κ2) is 9.80. The highest BCUT2D eigenvalue weighted by Crippen LogP contribution is 2.38. The van der Waals surface area contributed by atoms with Crippen LogP contribution in [0.4, 0.5) is 10.6 Å². The van der Waals surface area contributed by atoms with E-state index in [0.29, 0.717) is 24.4 Å². The first-order valence-electron chi connectivity index (χ1n) is 13.5. The summed E-state index contributed by atoms with van der Waals surface area (Å²) in [5.74, 6) is 7.34. The average molecular weight is 543 g/mol. The molecule has 1 aromatic carbocycles. The van der Waals surface area contributed by atoms with Gasteiger partial charge in [0.2, 0.25) is 0 Å². The van der Waals surface area contributed by atoms with Crippen LogP contribution in [0, 0.1) is 17.8 Å². The van der Waals surface area contributed by atoms with E-state index < -0.39 is 11.7 Å². The van der Waals surface area contributed by atoms with Crippen molar-refractivity contribution in [3.8, 4) is 23.0 Å². The molecule has 2 fully saturated rings. The highest BCUT2D eigenvalue weighted by atomic mass is 16.6. The summed E-state index contributed by atoms with van der Waals surface area (Å²) in [6, 6.07) is 6.07. The van der Waals surface area contributed by atoms with Crippen LogP contribution in [0.5, 0.6) is 0 Å². The van der Waals surface area contributed by atoms with Crippen molar-refractivity contribution < 1.29 is 14.6 Å². The number of ether oxygens (including phenoxy) is 1. The Balaban J connectivity index is 1.20. The highest BCUT2D eigenvalue weighted by Gasteiger charge is 2.40. The van der Waals surface area contributed by atoms with Crippen molar-refractivity contribution in [1.82, 2.24) is 34.5 Å². The third-order valence-electron chi connectivity index (χ3n) is 7.66. The Bertz CT molecular complexity index is 1650. The van der Waals surface area contributed by atoms with E-state index in [1.54, 1.807) is 4.90 Å². The number of likely N-dealkylation sites (tertiary alicyclic amines) is 2. The van der Waals surface area contributed by atoms with Gasteiger partial charge < -0.3 is 25.5 Å². The molecule has 1 amide bonds. The number of carbonyl (C=O) groups excluding carboxylic acids is 1. The normalized spacial score (nSPS) is 20.4. The zero-order valence-electron chi connectivity index (χ0n) is 23.2. The van der Waals surface area contributed by atoms with Gasteiger partial charge in [-0.3, -0.25) is 9.58 Å². The molecule has 11 heteroatoms. The molecule has 2 aliphatic heterocycles. The summed E-state index contributed by atoms with van der Waals surface area (Å²) in [6.07, 6.45) is 2.99. The smallest absolute Gasteiger partial charge is 0.410 e. The van der Waals surface area contributed by atoms with Crippen molar-refractivity contribution in [2.45, 2.75) is 44.9 Å². The summed E-state index contributed by atoms with van der Waals surface area (Å²) in [5.41, 5.74) is 9.99. The molecule has 2 aliphatic rings. The number of rotatable bonds is 2. The number of hydrogen-bond acceptors (Lipinski definition) is 8. The molecular formula is C29H34N8O3. The number of nitrogens with zero attached hydrogens (tertiary/aromatic N) is 6. The van der Waals surface area contributed by atoms with Gasteiger partial charge in [0.05, 0.1) is 35.4 Å². The number of aliphatic hydroxyl groups is 1. The fraction of sp³-hybridized carbons (Fsp3) is 0.448. The lowest BCUT2D eigenvalue weighted by molar-refractivity contribution is -0.0521. The van der Waals surface area contributed by atoms with Crippen molar-refractivity contribution in [3.05, 3.63) is 36.4 Å². The van der Waals surface area contributed by atoms with E-state index >= 15 is 0 Å². The van der Waals surface area contributed by atoms with Crippen molar-refractivity contribution in [2.75, 3.05) is 31.9 Å². The maximum absolute atomic E-state index is 12.4. The zero-order chi connectivity index (χ0) is 28.2. The van der Waals surface area contributed by atoms with E-state index in [9.17, 15) is 9.90 Å². The van der Waals surface area contributed by atoms with Crippen LogP contribution in [0.15, 0.2) is 30.7 Å². The topological polar surface area (TPSA) is 138 Å². The van der Waals surface area contributed by atoms with Crippen LogP contribution in [0.2, 0.25) is 0 Å². The minimum atomic E-state index is -0.628. The number of anilines is 1. The number of nitrogens with two attached hydrogens (primary N) is 1. The Morgan fingerprint density at radius 2 is 2.02 bits per heavy atom. The second-order valence-corrected chi connectivity index (χ2v) is 11.6. The first kappa shape index (κ1) is 26.1. The van der Waals surface area contributed by atoms with E-state index in [2.05, 4.69) is 36.8 Å². The van der Waals surface area contributed by atoms with Gasteiger partial charge in [0.1, 0.15) is 23.4 Å². The summed E-state index contributed by atoms with van der Waals surface area (Å²) in [6.45, 7) is 7.88. The fourth-order valence-electron chi connectivity index (χ4n) is 5.69. The number of benzene rings is 1. The minimum Gasteiger partial charge on any atom is -0.444 e. The van der Waals surface area contributed by atoms with E-state index in [4.69, 9.17) is 10.5 Å². The number of carbonyl (C=O) groups is 1. The number of β-amino-alcohol motifs (C(OH)–C–C–N with tert-alkyl or cyclic N) is 1. The van der Waals surface area contributed by atoms with Gasteiger partial charge in [-0.15, -0.1) is 0 Å². The van der Waals surface area contributed by atoms with Crippen LogP contribution in [-0.4, -0.2) is 89.7 Å². The number of hydrogen-bond donors (Lipinski definition) is 3. The van der Waals surface area contributed by atoms with Crippen LogP contribution in [-0.2, 0) is 11.8 Å². The number of amides is 1. The van der Waals surface area contributed by atoms with Gasteiger partial charge >= 0.3 is 6.09 Å². The molecule has 4 aromatic rings. The van der Waals surface area contributed by atoms with Gasteiger partial charge in [-0.1, -0.05) is 18.1 Å². The molecule has 208 valence electrons. The maximum Gasteiger partial charge on any atom is 0.410 e. The molecule has 0 bridgehead atoms. The first-order chi connectivity index (χ1) is 19.1. The number of aliphatic hydroxyl groups excluding tert-OH is 1. The second-order valence-electron chi connectivity index (χ2n) is 11.6. The van der Waals surface area contributed by atoms with Gasteiger partial charge in [-0.05, 0) is 44.7 Å². The van der Waals surface area contributed by atoms with E-state index in [0.717, 1.165) is 46.2 Å². The molecular weight excluding hydrogens is 508 g/mol. The molecule has 3 aromatic heterocycles. The molecule has 5 heterocycles. The van der Waals surface area contributed by atoms with Gasteiger partial charge in [0, 0.05) is 49.6 Å². The Labute approximate surface area is 232 Å². The number of nitrogens with one attached hydrogen (secondary N) is 1. The Morgan fingerprint density at radius 3 is 2.77 bits per heavy atom. The summed E-state index contributed by atoms with van der Waals surface area (Å²) in [4.78, 5) is 28.3. The van der Waals surface area contributed by atoms with Crippen molar-refractivity contribution in [1.29, 1.82) is 0 Å². The van der Waals surface area contributed by atoms with E-state index in [1.807, 2.05) is 56.9 Å². The van der Waals surface area contributed by atoms with Gasteiger partial charge in [0.25, 0.3) is 0 Å². The van der Waals surface area contributed by atoms with Crippen molar-refractivity contribution in [3.63, 3.8) is 0 Å². The Hall–Kier alpha value is -4.14. The molecule has 0 aliphatic carbocycles. The third-order valence-corrected chi connectivity index (χ3v) is 7.66. The number of fused-ring (bicyclic) bond motifs is 2. The lowest BCUT2D eigenvalue weighted by atomic mass is 9.92. The van der Waals surface area contributed by atoms with Gasteiger partial charge in [-0.25, -0.2) is 14.8 Å². The van der Waals surface area contributed by atoms with Crippen molar-refractivity contribution >= 4 is 33.8 Å². The lowest BCUT2D eigenvalue weighted by Gasteiger charge is -2.47. The van der Waals surface area contributed by atoms with Crippen LogP contribution in [0.1, 0.15) is 32.9 Å². The summed E-state index contributed by atoms with van der Waals surface area (Å²) in [7, 11) is 1.92. The molecule has 4 N–H and O–H groups in total. The van der Waals surface area contributed by atoms with Crippen LogP contribution < -0.4 is 5.73 Å². The molecule has 0 spiro atoms. The number of aromatic nitrogens is 5. The van der Waals surface area contributed by atoms with E-state index in [-0.39, 0.29) is 24.6 Å². The molecule has 0 saturated carbocycles. The number of piperidine rings is 1. The van der Waals surface area contributed by atoms with Crippen LogP contribution in [0.25, 0.3) is 33.1 Å². The number of aryl methyl sites for hydroxylation is 1. The average Bonchev–Trinajstić information content (AvgIpc) is 3.44. The summed E-state index contributed by atoms with van der Waals surface area (Å²) >= 11 is 0. The predicted octanol–water partition coefficient (Wildman–Crippen LogP) is 2.75. The van der Waals surface area contributed by atoms with E-state index in [1.165, 1.54) is 6.33 Å². The SMILES string of the molecule is Cn1ncc2c(-c3c(C#CC4CN([C@@H]5CCN(C(=O)OC(C)(C)C)C[C@@H]5O)C4)[nH]c4ncnc(N)c34)cccc21. The molecule has 11 nitrogen and oxygen atoms in total. The predicted molar refractivity (Wildman–Crippen MR) is 152 cm³/mol. The largest absolute Gasteiger partial charge is 0.444 e. The third kappa shape index (κ3) is 4.74. The standard InChI is InChI=1S/C29H34N8O3/c1-29(2,3)40-28(39)36-11-10-22(23(38)15-36)37-13-17(14-37)8-9-20-24(25-26(30)31-16-32-27(25)34-20)18-6-5-7-21-19(18)12-33-35(21)4/h5-7,12,16-17,22-23,38H,10-11,13-15H2,1-4H3,(H3,30,31,32,34)/t22-,23+/m1/s1. The quantitative estimate of drug-likeness (QED) is 0.329. The Kier molecular flexibility index (Phi) is 6.40. The van der Waals surface area contributed by atoms with Crippen LogP contribution >= 0.6 is 0 Å². The molecule has 0 radical (unpaired) electrons.